The molecule has 0 radical (unpaired) electrons. The van der Waals surface area contributed by atoms with Gasteiger partial charge in [0.25, 0.3) is 0 Å². The number of benzene rings is 1. The second-order valence-electron chi connectivity index (χ2n) is 5.70. The summed E-state index contributed by atoms with van der Waals surface area (Å²) in [6.45, 7) is 3.81. The van der Waals surface area contributed by atoms with E-state index in [4.69, 9.17) is 16.3 Å². The third-order valence-corrected chi connectivity index (χ3v) is 4.25. The highest BCUT2D eigenvalue weighted by Crippen LogP contribution is 2.15. The Bertz CT molecular complexity index is 673. The van der Waals surface area contributed by atoms with Crippen LogP contribution in [0, 0.1) is 0 Å². The first-order chi connectivity index (χ1) is 12.2. The number of carbonyl (C=O) groups excluding carboxylic acids is 1. The van der Waals surface area contributed by atoms with Crippen LogP contribution in [-0.4, -0.2) is 55.2 Å². The molecule has 25 heavy (non-hydrogen) atoms. The van der Waals surface area contributed by atoms with E-state index in [0.717, 1.165) is 24.7 Å². The minimum absolute atomic E-state index is 0.0552. The molecule has 0 bridgehead atoms. The minimum atomic E-state index is -0.0552. The summed E-state index contributed by atoms with van der Waals surface area (Å²) in [5.74, 6) is 1.70. The highest BCUT2D eigenvalue weighted by atomic mass is 35.5. The fourth-order valence-corrected chi connectivity index (χ4v) is 2.77. The summed E-state index contributed by atoms with van der Waals surface area (Å²) in [6.07, 6.45) is 1.79. The number of aromatic nitrogens is 1. The molecular weight excluding hydrogens is 340 g/mol. The van der Waals surface area contributed by atoms with Gasteiger partial charge in [0.15, 0.2) is 0 Å². The Balaban J connectivity index is 1.36. The van der Waals surface area contributed by atoms with E-state index in [1.165, 1.54) is 0 Å². The predicted molar refractivity (Wildman–Crippen MR) is 98.4 cm³/mol. The number of nitrogens with one attached hydrogen (secondary N) is 1. The van der Waals surface area contributed by atoms with E-state index in [0.29, 0.717) is 31.3 Å². The fourth-order valence-electron chi connectivity index (χ4n) is 2.65. The number of carbonyl (C=O) groups is 1. The van der Waals surface area contributed by atoms with Gasteiger partial charge in [-0.15, -0.1) is 0 Å². The van der Waals surface area contributed by atoms with Crippen LogP contribution >= 0.6 is 11.6 Å². The third kappa shape index (κ3) is 5.00. The summed E-state index contributed by atoms with van der Waals surface area (Å²) in [4.78, 5) is 20.6. The zero-order valence-electron chi connectivity index (χ0n) is 13.9. The van der Waals surface area contributed by atoms with Gasteiger partial charge in [-0.25, -0.2) is 9.78 Å². The Hall–Kier alpha value is -2.47. The van der Waals surface area contributed by atoms with Crippen LogP contribution in [0.15, 0.2) is 48.7 Å². The van der Waals surface area contributed by atoms with Crippen molar-refractivity contribution in [1.82, 2.24) is 15.2 Å². The Kier molecular flexibility index (Phi) is 5.95. The number of urea groups is 1. The van der Waals surface area contributed by atoms with Crippen LogP contribution in [0.3, 0.4) is 0 Å². The number of amides is 2. The number of hydrogen-bond donors (Lipinski definition) is 1. The monoisotopic (exact) mass is 360 g/mol. The molecule has 1 saturated heterocycles. The first kappa shape index (κ1) is 17.4. The molecule has 0 spiro atoms. The lowest BCUT2D eigenvalue weighted by molar-refractivity contribution is 0.191. The minimum Gasteiger partial charge on any atom is -0.492 e. The molecule has 1 N–H and O–H groups in total. The number of rotatable bonds is 5. The number of hydrogen-bond acceptors (Lipinski definition) is 4. The van der Waals surface area contributed by atoms with Crippen molar-refractivity contribution in [2.24, 2.45) is 0 Å². The fraction of sp³-hybridized carbons (Fsp3) is 0.333. The summed E-state index contributed by atoms with van der Waals surface area (Å²) >= 11 is 5.82. The largest absolute Gasteiger partial charge is 0.492 e. The lowest BCUT2D eigenvalue weighted by Crippen LogP contribution is -2.52. The number of ether oxygens (including phenoxy) is 1. The van der Waals surface area contributed by atoms with Gasteiger partial charge in [0.05, 0.1) is 6.54 Å². The van der Waals surface area contributed by atoms with Crippen LogP contribution in [0.5, 0.6) is 5.75 Å². The molecule has 0 unspecified atom stereocenters. The van der Waals surface area contributed by atoms with Crippen molar-refractivity contribution in [3.8, 4) is 5.75 Å². The summed E-state index contributed by atoms with van der Waals surface area (Å²) in [7, 11) is 0. The van der Waals surface area contributed by atoms with Crippen LogP contribution < -0.4 is 15.0 Å². The lowest BCUT2D eigenvalue weighted by Gasteiger charge is -2.35. The van der Waals surface area contributed by atoms with Gasteiger partial charge < -0.3 is 19.9 Å². The lowest BCUT2D eigenvalue weighted by atomic mass is 10.3. The molecule has 6 nitrogen and oxygen atoms in total. The zero-order chi connectivity index (χ0) is 17.5. The van der Waals surface area contributed by atoms with E-state index in [-0.39, 0.29) is 6.03 Å². The molecule has 0 saturated carbocycles. The van der Waals surface area contributed by atoms with Gasteiger partial charge in [-0.3, -0.25) is 0 Å². The van der Waals surface area contributed by atoms with E-state index in [1.807, 2.05) is 23.1 Å². The van der Waals surface area contributed by atoms with Crippen LogP contribution in [0.4, 0.5) is 10.6 Å². The average Bonchev–Trinajstić information content (AvgIpc) is 2.67. The Labute approximate surface area is 152 Å². The summed E-state index contributed by atoms with van der Waals surface area (Å²) < 4.78 is 5.57. The molecule has 0 atom stereocenters. The van der Waals surface area contributed by atoms with E-state index in [1.54, 1.807) is 30.5 Å². The molecule has 1 aromatic heterocycles. The van der Waals surface area contributed by atoms with Gasteiger partial charge in [0.1, 0.15) is 18.2 Å². The van der Waals surface area contributed by atoms with Gasteiger partial charge >= 0.3 is 6.03 Å². The molecule has 2 heterocycles. The van der Waals surface area contributed by atoms with Gasteiger partial charge in [-0.1, -0.05) is 17.7 Å². The van der Waals surface area contributed by atoms with Crippen molar-refractivity contribution in [1.29, 1.82) is 0 Å². The Morgan fingerprint density at radius 1 is 1.12 bits per heavy atom. The van der Waals surface area contributed by atoms with Gasteiger partial charge in [-0.2, -0.15) is 0 Å². The molecule has 2 aromatic rings. The maximum atomic E-state index is 12.2. The normalized spacial score (nSPS) is 14.3. The molecule has 132 valence electrons. The maximum absolute atomic E-state index is 12.2. The molecule has 1 aliphatic heterocycles. The standard InChI is InChI=1S/C18H21ClN4O2/c19-15-4-6-16(7-5-15)25-14-9-21-18(24)23-12-10-22(11-13-23)17-3-1-2-8-20-17/h1-8H,9-14H2,(H,21,24). The van der Waals surface area contributed by atoms with Crippen molar-refractivity contribution in [3.05, 3.63) is 53.7 Å². The van der Waals surface area contributed by atoms with E-state index in [9.17, 15) is 4.79 Å². The number of nitrogens with zero attached hydrogens (tertiary/aromatic N) is 3. The van der Waals surface area contributed by atoms with Crippen molar-refractivity contribution in [2.75, 3.05) is 44.2 Å². The Morgan fingerprint density at radius 3 is 2.56 bits per heavy atom. The second-order valence-corrected chi connectivity index (χ2v) is 6.13. The van der Waals surface area contributed by atoms with Crippen LogP contribution in [0.25, 0.3) is 0 Å². The highest BCUT2D eigenvalue weighted by molar-refractivity contribution is 6.30. The number of pyridine rings is 1. The molecule has 1 aromatic carbocycles. The topological polar surface area (TPSA) is 57.7 Å². The zero-order valence-corrected chi connectivity index (χ0v) is 14.7. The van der Waals surface area contributed by atoms with E-state index in [2.05, 4.69) is 15.2 Å². The second kappa shape index (κ2) is 8.58. The van der Waals surface area contributed by atoms with E-state index < -0.39 is 0 Å². The van der Waals surface area contributed by atoms with Crippen molar-refractivity contribution < 1.29 is 9.53 Å². The van der Waals surface area contributed by atoms with Gasteiger partial charge in [0.2, 0.25) is 0 Å². The molecular formula is C18H21ClN4O2. The SMILES string of the molecule is O=C(NCCOc1ccc(Cl)cc1)N1CCN(c2ccccn2)CC1. The van der Waals surface area contributed by atoms with Crippen molar-refractivity contribution in [2.45, 2.75) is 0 Å². The average molecular weight is 361 g/mol. The maximum Gasteiger partial charge on any atom is 0.317 e. The van der Waals surface area contributed by atoms with Crippen LogP contribution in [-0.2, 0) is 0 Å². The van der Waals surface area contributed by atoms with Gasteiger partial charge in [0, 0.05) is 37.4 Å². The molecule has 3 rings (SSSR count). The smallest absolute Gasteiger partial charge is 0.317 e. The first-order valence-corrected chi connectivity index (χ1v) is 8.67. The number of halogens is 1. The molecule has 1 fully saturated rings. The predicted octanol–water partition coefficient (Wildman–Crippen LogP) is 2.65. The van der Waals surface area contributed by atoms with Crippen LogP contribution in [0.1, 0.15) is 0 Å². The third-order valence-electron chi connectivity index (χ3n) is 4.00. The first-order valence-electron chi connectivity index (χ1n) is 8.29. The van der Waals surface area contributed by atoms with Crippen molar-refractivity contribution >= 4 is 23.4 Å². The molecule has 0 aliphatic carbocycles. The summed E-state index contributed by atoms with van der Waals surface area (Å²) in [5, 5.41) is 3.56. The Morgan fingerprint density at radius 2 is 1.88 bits per heavy atom. The highest BCUT2D eigenvalue weighted by Gasteiger charge is 2.21. The number of anilines is 1. The van der Waals surface area contributed by atoms with Crippen molar-refractivity contribution in [3.63, 3.8) is 0 Å². The summed E-state index contributed by atoms with van der Waals surface area (Å²) in [6, 6.07) is 13.0. The molecule has 7 heteroatoms. The van der Waals surface area contributed by atoms with E-state index >= 15 is 0 Å². The van der Waals surface area contributed by atoms with Crippen LogP contribution in [0.2, 0.25) is 5.02 Å². The number of piperazine rings is 1. The quantitative estimate of drug-likeness (QED) is 0.833. The molecule has 2 amide bonds. The summed E-state index contributed by atoms with van der Waals surface area (Å²) in [5.41, 5.74) is 0. The van der Waals surface area contributed by atoms with Gasteiger partial charge in [-0.05, 0) is 36.4 Å². The molecule has 1 aliphatic rings.